The highest BCUT2D eigenvalue weighted by Crippen LogP contribution is 2.37. The maximum atomic E-state index is 13.1. The number of ether oxygens (including phenoxy) is 2. The Morgan fingerprint density at radius 3 is 2.55 bits per heavy atom. The molecule has 33 heavy (non-hydrogen) atoms. The number of hydrogen-bond donors (Lipinski definition) is 2. The van der Waals surface area contributed by atoms with E-state index in [0.29, 0.717) is 27.2 Å². The Kier molecular flexibility index (Phi) is 6.88. The number of rotatable bonds is 8. The molecule has 0 saturated heterocycles. The van der Waals surface area contributed by atoms with Crippen LogP contribution in [0, 0.1) is 5.92 Å². The van der Waals surface area contributed by atoms with Gasteiger partial charge in [-0.25, -0.2) is 0 Å². The molecule has 0 saturated carbocycles. The first-order valence-electron chi connectivity index (χ1n) is 10.9. The molecule has 0 aliphatic carbocycles. The van der Waals surface area contributed by atoms with Gasteiger partial charge in [0.1, 0.15) is 11.0 Å². The monoisotopic (exact) mass is 466 g/mol. The summed E-state index contributed by atoms with van der Waals surface area (Å²) in [6.07, 6.45) is 1.63. The molecule has 0 fully saturated rings. The number of hydrogen-bond acceptors (Lipinski definition) is 7. The van der Waals surface area contributed by atoms with Gasteiger partial charge >= 0.3 is 0 Å². The third kappa shape index (κ3) is 5.14. The number of fused-ring (bicyclic) bond motifs is 1. The Bertz CT molecular complexity index is 1150. The van der Waals surface area contributed by atoms with Gasteiger partial charge in [0.25, 0.3) is 5.91 Å². The zero-order chi connectivity index (χ0) is 23.4. The maximum Gasteiger partial charge on any atom is 0.251 e. The van der Waals surface area contributed by atoms with Gasteiger partial charge in [-0.3, -0.25) is 14.9 Å². The zero-order valence-electron chi connectivity index (χ0n) is 18.8. The van der Waals surface area contributed by atoms with Gasteiger partial charge in [-0.15, -0.1) is 10.2 Å². The summed E-state index contributed by atoms with van der Waals surface area (Å²) in [4.78, 5) is 25.8. The fraction of sp³-hybridized carbons (Fsp3) is 0.333. The average Bonchev–Trinajstić information content (AvgIpc) is 3.50. The molecule has 2 aromatic carbocycles. The van der Waals surface area contributed by atoms with Crippen LogP contribution < -0.4 is 20.1 Å². The first kappa shape index (κ1) is 22.7. The minimum absolute atomic E-state index is 0.0647. The molecule has 2 atom stereocenters. The average molecular weight is 467 g/mol. The lowest BCUT2D eigenvalue weighted by atomic mass is 9.98. The number of carbonyl (C=O) groups excluding carboxylic acids is 2. The second kappa shape index (κ2) is 9.99. The van der Waals surface area contributed by atoms with Crippen LogP contribution in [0.1, 0.15) is 43.1 Å². The number of aromatic nitrogens is 2. The van der Waals surface area contributed by atoms with E-state index < -0.39 is 6.04 Å². The molecule has 2 unspecified atom stereocenters. The predicted octanol–water partition coefficient (Wildman–Crippen LogP) is 4.28. The van der Waals surface area contributed by atoms with Crippen LogP contribution in [-0.2, 0) is 11.2 Å². The van der Waals surface area contributed by atoms with Crippen LogP contribution in [0.3, 0.4) is 0 Å². The summed E-state index contributed by atoms with van der Waals surface area (Å²) in [5.74, 6) is 0.672. The summed E-state index contributed by atoms with van der Waals surface area (Å²) in [5, 5.41) is 15.0. The lowest BCUT2D eigenvalue weighted by Crippen LogP contribution is -2.47. The summed E-state index contributed by atoms with van der Waals surface area (Å²) in [7, 11) is 0. The van der Waals surface area contributed by atoms with Crippen LogP contribution in [0.15, 0.2) is 42.5 Å². The first-order chi connectivity index (χ1) is 16.0. The Morgan fingerprint density at radius 1 is 1.06 bits per heavy atom. The van der Waals surface area contributed by atoms with E-state index in [0.717, 1.165) is 24.0 Å². The Labute approximate surface area is 196 Å². The molecule has 2 heterocycles. The van der Waals surface area contributed by atoms with Crippen molar-refractivity contribution in [2.24, 2.45) is 5.92 Å². The largest absolute Gasteiger partial charge is 0.454 e. The third-order valence-corrected chi connectivity index (χ3v) is 6.57. The summed E-state index contributed by atoms with van der Waals surface area (Å²) in [5.41, 5.74) is 2.49. The molecule has 1 aromatic heterocycles. The van der Waals surface area contributed by atoms with Crippen molar-refractivity contribution in [1.29, 1.82) is 0 Å². The molecule has 0 radical (unpaired) electrons. The van der Waals surface area contributed by atoms with Crippen molar-refractivity contribution >= 4 is 28.3 Å². The van der Waals surface area contributed by atoms with E-state index in [9.17, 15) is 9.59 Å². The van der Waals surface area contributed by atoms with Gasteiger partial charge in [-0.2, -0.15) is 0 Å². The molecule has 2 N–H and O–H groups in total. The van der Waals surface area contributed by atoms with Gasteiger partial charge in [0, 0.05) is 11.1 Å². The van der Waals surface area contributed by atoms with Crippen molar-refractivity contribution in [2.45, 2.75) is 39.7 Å². The van der Waals surface area contributed by atoms with Crippen LogP contribution in [0.5, 0.6) is 11.5 Å². The summed E-state index contributed by atoms with van der Waals surface area (Å²) < 4.78 is 10.7. The van der Waals surface area contributed by atoms with Gasteiger partial charge in [0.15, 0.2) is 11.5 Å². The molecule has 2 amide bonds. The standard InChI is InChI=1S/C24H26N4O4S/c1-4-14(3)20(25-21(29)16-8-6-15(5-2)7-9-16)22(30)26-24-28-27-23(33-24)17-10-11-18-19(12-17)32-13-31-18/h6-12,14,20H,4-5,13H2,1-3H3,(H,25,29)(H,26,28,30). The van der Waals surface area contributed by atoms with Crippen LogP contribution in [0.25, 0.3) is 10.6 Å². The van der Waals surface area contributed by atoms with Crippen molar-refractivity contribution < 1.29 is 19.1 Å². The van der Waals surface area contributed by atoms with E-state index in [1.54, 1.807) is 12.1 Å². The normalized spacial score (nSPS) is 13.9. The second-order valence-corrected chi connectivity index (χ2v) is 8.83. The van der Waals surface area contributed by atoms with Gasteiger partial charge in [-0.05, 0) is 48.2 Å². The summed E-state index contributed by atoms with van der Waals surface area (Å²) in [6, 6.07) is 12.2. The second-order valence-electron chi connectivity index (χ2n) is 7.86. The van der Waals surface area contributed by atoms with Gasteiger partial charge < -0.3 is 14.8 Å². The molecule has 0 bridgehead atoms. The Hall–Kier alpha value is -3.46. The van der Waals surface area contributed by atoms with Crippen molar-refractivity contribution in [1.82, 2.24) is 15.5 Å². The minimum Gasteiger partial charge on any atom is -0.454 e. The summed E-state index contributed by atoms with van der Waals surface area (Å²) in [6.45, 7) is 6.17. The SMILES string of the molecule is CCc1ccc(C(=O)NC(C(=O)Nc2nnc(-c3ccc4c(c3)OCO4)s2)C(C)CC)cc1. The number of benzene rings is 2. The van der Waals surface area contributed by atoms with E-state index >= 15 is 0 Å². The number of amides is 2. The zero-order valence-corrected chi connectivity index (χ0v) is 19.6. The molecule has 3 aromatic rings. The maximum absolute atomic E-state index is 13.1. The number of aryl methyl sites for hydroxylation is 1. The number of anilines is 1. The van der Waals surface area contributed by atoms with E-state index in [1.165, 1.54) is 11.3 Å². The predicted molar refractivity (Wildman–Crippen MR) is 127 cm³/mol. The number of nitrogens with one attached hydrogen (secondary N) is 2. The van der Waals surface area contributed by atoms with Crippen LogP contribution >= 0.6 is 11.3 Å². The molecule has 8 nitrogen and oxygen atoms in total. The van der Waals surface area contributed by atoms with Crippen molar-refractivity contribution in [3.05, 3.63) is 53.6 Å². The van der Waals surface area contributed by atoms with E-state index in [-0.39, 0.29) is 24.5 Å². The van der Waals surface area contributed by atoms with Gasteiger partial charge in [0.2, 0.25) is 17.8 Å². The van der Waals surface area contributed by atoms with E-state index in [1.807, 2.05) is 44.2 Å². The molecule has 172 valence electrons. The highest BCUT2D eigenvalue weighted by molar-refractivity contribution is 7.18. The Balaban J connectivity index is 1.45. The quantitative estimate of drug-likeness (QED) is 0.514. The summed E-state index contributed by atoms with van der Waals surface area (Å²) >= 11 is 1.25. The number of nitrogens with zero attached hydrogens (tertiary/aromatic N) is 2. The molecule has 1 aliphatic heterocycles. The van der Waals surface area contributed by atoms with E-state index in [4.69, 9.17) is 9.47 Å². The molecule has 9 heteroatoms. The smallest absolute Gasteiger partial charge is 0.251 e. The molecule has 1 aliphatic rings. The third-order valence-electron chi connectivity index (χ3n) is 5.68. The van der Waals surface area contributed by atoms with Crippen molar-refractivity contribution in [2.75, 3.05) is 12.1 Å². The number of carbonyl (C=O) groups is 2. The van der Waals surface area contributed by atoms with Gasteiger partial charge in [0.05, 0.1) is 0 Å². The first-order valence-corrected chi connectivity index (χ1v) is 11.7. The lowest BCUT2D eigenvalue weighted by molar-refractivity contribution is -0.119. The van der Waals surface area contributed by atoms with Crippen LogP contribution in [0.2, 0.25) is 0 Å². The lowest BCUT2D eigenvalue weighted by Gasteiger charge is -2.23. The minimum atomic E-state index is -0.703. The van der Waals surface area contributed by atoms with Gasteiger partial charge in [-0.1, -0.05) is 50.7 Å². The molecule has 0 spiro atoms. The fourth-order valence-electron chi connectivity index (χ4n) is 3.42. The molecule has 4 rings (SSSR count). The van der Waals surface area contributed by atoms with E-state index in [2.05, 4.69) is 27.8 Å². The van der Waals surface area contributed by atoms with Crippen LogP contribution in [0.4, 0.5) is 5.13 Å². The van der Waals surface area contributed by atoms with Crippen LogP contribution in [-0.4, -0.2) is 34.8 Å². The fourth-order valence-corrected chi connectivity index (χ4v) is 4.16. The molecular formula is C24H26N4O4S. The van der Waals surface area contributed by atoms with Crippen molar-refractivity contribution in [3.8, 4) is 22.1 Å². The molecular weight excluding hydrogens is 440 g/mol. The highest BCUT2D eigenvalue weighted by atomic mass is 32.1. The highest BCUT2D eigenvalue weighted by Gasteiger charge is 2.27. The van der Waals surface area contributed by atoms with Crippen molar-refractivity contribution in [3.63, 3.8) is 0 Å². The topological polar surface area (TPSA) is 102 Å². The Morgan fingerprint density at radius 2 is 1.82 bits per heavy atom.